The van der Waals surface area contributed by atoms with E-state index in [0.29, 0.717) is 0 Å². The highest BCUT2D eigenvalue weighted by Gasteiger charge is 2.07. The summed E-state index contributed by atoms with van der Waals surface area (Å²) < 4.78 is 9.28. The molecule has 0 aromatic carbocycles. The average molecular weight is 166 g/mol. The number of rotatable bonds is 3. The molecule has 0 spiro atoms. The van der Waals surface area contributed by atoms with E-state index in [-0.39, 0.29) is 11.2 Å². The highest BCUT2D eigenvalue weighted by molar-refractivity contribution is 7.81. The lowest BCUT2D eigenvalue weighted by Crippen LogP contribution is -2.17. The first-order chi connectivity index (χ1) is 4.18. The van der Waals surface area contributed by atoms with Crippen molar-refractivity contribution in [2.75, 3.05) is 7.11 Å². The molecule has 0 aliphatic heterocycles. The Morgan fingerprint density at radius 2 is 2.33 bits per heavy atom. The topological polar surface area (TPSA) is 35.5 Å². The summed E-state index contributed by atoms with van der Waals surface area (Å²) >= 11 is 3.86. The second-order valence-electron chi connectivity index (χ2n) is 1.55. The normalized spacial score (nSPS) is 14.1. The Hall–Kier alpha value is -0.00312. The van der Waals surface area contributed by atoms with Crippen molar-refractivity contribution >= 4 is 28.6 Å². The highest BCUT2D eigenvalue weighted by atomic mass is 32.1. The molecule has 0 saturated heterocycles. The van der Waals surface area contributed by atoms with Crippen LogP contribution in [0.4, 0.5) is 0 Å². The standard InChI is InChI=1S/C4H10O3SSi/c1-3(8)4(5)7-9-6-2/h3,8H,9H2,1-2H3. The Morgan fingerprint density at radius 3 is 2.67 bits per heavy atom. The molecule has 0 saturated carbocycles. The first-order valence-electron chi connectivity index (χ1n) is 2.52. The van der Waals surface area contributed by atoms with E-state index in [4.69, 9.17) is 0 Å². The van der Waals surface area contributed by atoms with Crippen LogP contribution in [-0.4, -0.2) is 28.3 Å². The van der Waals surface area contributed by atoms with Crippen LogP contribution in [0.5, 0.6) is 0 Å². The van der Waals surface area contributed by atoms with Gasteiger partial charge < -0.3 is 8.85 Å². The lowest BCUT2D eigenvalue weighted by molar-refractivity contribution is -0.134. The van der Waals surface area contributed by atoms with Gasteiger partial charge in [0.2, 0.25) is 0 Å². The van der Waals surface area contributed by atoms with E-state index in [1.807, 2.05) is 0 Å². The van der Waals surface area contributed by atoms with Gasteiger partial charge in [0.25, 0.3) is 0 Å². The zero-order chi connectivity index (χ0) is 7.28. The van der Waals surface area contributed by atoms with Crippen LogP contribution in [0.1, 0.15) is 6.92 Å². The van der Waals surface area contributed by atoms with Gasteiger partial charge in [-0.3, -0.25) is 4.79 Å². The van der Waals surface area contributed by atoms with Crippen molar-refractivity contribution in [2.24, 2.45) is 0 Å². The molecule has 0 aromatic rings. The Morgan fingerprint density at radius 1 is 1.78 bits per heavy atom. The van der Waals surface area contributed by atoms with Gasteiger partial charge in [-0.05, 0) is 6.92 Å². The quantitative estimate of drug-likeness (QED) is 0.453. The van der Waals surface area contributed by atoms with Crippen molar-refractivity contribution in [3.8, 4) is 0 Å². The minimum absolute atomic E-state index is 0.299. The fourth-order valence-corrected chi connectivity index (χ4v) is 0.936. The summed E-state index contributed by atoms with van der Waals surface area (Å²) in [6.45, 7) is 1.66. The minimum atomic E-state index is -1.07. The summed E-state index contributed by atoms with van der Waals surface area (Å²) in [5, 5.41) is -0.340. The van der Waals surface area contributed by atoms with E-state index in [2.05, 4.69) is 21.5 Å². The van der Waals surface area contributed by atoms with Gasteiger partial charge in [-0.25, -0.2) is 0 Å². The summed E-state index contributed by atoms with van der Waals surface area (Å²) in [6.07, 6.45) is 0. The van der Waals surface area contributed by atoms with Crippen LogP contribution in [0.2, 0.25) is 0 Å². The number of hydrogen-bond donors (Lipinski definition) is 1. The maximum atomic E-state index is 10.6. The first kappa shape index (κ1) is 9.00. The van der Waals surface area contributed by atoms with E-state index < -0.39 is 10.0 Å². The summed E-state index contributed by atoms with van der Waals surface area (Å²) in [5.74, 6) is -0.299. The zero-order valence-corrected chi connectivity index (χ0v) is 7.77. The third kappa shape index (κ3) is 4.50. The van der Waals surface area contributed by atoms with E-state index in [1.54, 1.807) is 6.92 Å². The lowest BCUT2D eigenvalue weighted by atomic mass is 10.5. The Kier molecular flexibility index (Phi) is 4.83. The van der Waals surface area contributed by atoms with Crippen molar-refractivity contribution in [1.29, 1.82) is 0 Å². The summed E-state index contributed by atoms with van der Waals surface area (Å²) in [6, 6.07) is 0. The fraction of sp³-hybridized carbons (Fsp3) is 0.750. The smallest absolute Gasteiger partial charge is 0.368 e. The monoisotopic (exact) mass is 166 g/mol. The molecule has 0 aromatic heterocycles. The van der Waals surface area contributed by atoms with Crippen LogP contribution in [0, 0.1) is 0 Å². The average Bonchev–Trinajstić information content (AvgIpc) is 1.82. The van der Waals surface area contributed by atoms with Gasteiger partial charge in [-0.2, -0.15) is 12.6 Å². The molecular formula is C4H10O3SSi. The molecule has 9 heavy (non-hydrogen) atoms. The summed E-state index contributed by atoms with van der Waals surface area (Å²) in [7, 11) is 0.450. The van der Waals surface area contributed by atoms with E-state index in [1.165, 1.54) is 7.11 Å². The molecule has 54 valence electrons. The van der Waals surface area contributed by atoms with Crippen molar-refractivity contribution in [1.82, 2.24) is 0 Å². The summed E-state index contributed by atoms with van der Waals surface area (Å²) in [5.41, 5.74) is 0. The Labute approximate surface area is 62.2 Å². The molecule has 0 fully saturated rings. The van der Waals surface area contributed by atoms with Crippen molar-refractivity contribution in [2.45, 2.75) is 12.2 Å². The SMILES string of the molecule is CO[SiH2]OC(=O)C(C)S. The molecule has 0 bridgehead atoms. The van der Waals surface area contributed by atoms with Crippen molar-refractivity contribution in [3.63, 3.8) is 0 Å². The van der Waals surface area contributed by atoms with Crippen molar-refractivity contribution in [3.05, 3.63) is 0 Å². The molecular weight excluding hydrogens is 156 g/mol. The summed E-state index contributed by atoms with van der Waals surface area (Å²) in [4.78, 5) is 10.6. The molecule has 0 radical (unpaired) electrons. The van der Waals surface area contributed by atoms with Crippen molar-refractivity contribution < 1.29 is 13.6 Å². The highest BCUT2D eigenvalue weighted by Crippen LogP contribution is 1.94. The van der Waals surface area contributed by atoms with Gasteiger partial charge in [0, 0.05) is 7.11 Å². The molecule has 0 amide bonds. The molecule has 1 atom stereocenters. The van der Waals surface area contributed by atoms with E-state index in [9.17, 15) is 4.79 Å². The van der Waals surface area contributed by atoms with Gasteiger partial charge in [-0.15, -0.1) is 0 Å². The lowest BCUT2D eigenvalue weighted by Gasteiger charge is -2.03. The third-order valence-corrected chi connectivity index (χ3v) is 1.51. The van der Waals surface area contributed by atoms with E-state index >= 15 is 0 Å². The number of carbonyl (C=O) groups is 1. The van der Waals surface area contributed by atoms with Gasteiger partial charge in [0.1, 0.15) is 0 Å². The van der Waals surface area contributed by atoms with Crippen LogP contribution >= 0.6 is 12.6 Å². The number of hydrogen-bond acceptors (Lipinski definition) is 4. The molecule has 3 nitrogen and oxygen atoms in total. The predicted molar refractivity (Wildman–Crippen MR) is 40.1 cm³/mol. The molecule has 0 rings (SSSR count). The van der Waals surface area contributed by atoms with Gasteiger partial charge in [0.15, 0.2) is 0 Å². The maximum absolute atomic E-state index is 10.6. The third-order valence-electron chi connectivity index (χ3n) is 0.660. The van der Waals surface area contributed by atoms with Crippen LogP contribution in [0.3, 0.4) is 0 Å². The van der Waals surface area contributed by atoms with Crippen LogP contribution in [0.15, 0.2) is 0 Å². The zero-order valence-electron chi connectivity index (χ0n) is 5.46. The maximum Gasteiger partial charge on any atom is 0.368 e. The largest absolute Gasteiger partial charge is 0.498 e. The Balaban J connectivity index is 3.28. The van der Waals surface area contributed by atoms with Gasteiger partial charge in [0.05, 0.1) is 5.25 Å². The van der Waals surface area contributed by atoms with Crippen LogP contribution < -0.4 is 0 Å². The minimum Gasteiger partial charge on any atom is -0.498 e. The van der Waals surface area contributed by atoms with Gasteiger partial charge >= 0.3 is 16.0 Å². The molecule has 0 heterocycles. The van der Waals surface area contributed by atoms with Crippen LogP contribution in [0.25, 0.3) is 0 Å². The molecule has 5 heteroatoms. The van der Waals surface area contributed by atoms with E-state index in [0.717, 1.165) is 0 Å². The predicted octanol–water partition coefficient (Wildman–Crippen LogP) is -0.507. The first-order valence-corrected chi connectivity index (χ1v) is 4.19. The van der Waals surface area contributed by atoms with Crippen LogP contribution in [-0.2, 0) is 13.6 Å². The molecule has 1 unspecified atom stereocenters. The number of carbonyl (C=O) groups excluding carboxylic acids is 1. The Bertz CT molecular complexity index is 95.8. The molecule has 0 aliphatic rings. The number of thiol groups is 1. The van der Waals surface area contributed by atoms with Gasteiger partial charge in [-0.1, -0.05) is 0 Å². The second-order valence-corrected chi connectivity index (χ2v) is 3.42. The molecule has 0 aliphatic carbocycles. The fourth-order valence-electron chi connectivity index (χ4n) is 0.238. The second kappa shape index (κ2) is 4.84. The molecule has 0 N–H and O–H groups in total.